The maximum absolute atomic E-state index is 12.8. The van der Waals surface area contributed by atoms with Gasteiger partial charge in [0.05, 0.1) is 34.4 Å². The first-order chi connectivity index (χ1) is 28.6. The first-order valence-electron chi connectivity index (χ1n) is 24.5. The zero-order valence-electron chi connectivity index (χ0n) is 39.2. The fourth-order valence-electron chi connectivity index (χ4n) is 7.28. The van der Waals surface area contributed by atoms with Crippen molar-refractivity contribution in [3.63, 3.8) is 0 Å². The summed E-state index contributed by atoms with van der Waals surface area (Å²) in [5, 5.41) is 9.64. The third kappa shape index (κ3) is 40.7. The third-order valence-corrected chi connectivity index (χ3v) is 11.1. The van der Waals surface area contributed by atoms with Gasteiger partial charge in [-0.15, -0.1) is 0 Å². The predicted octanol–water partition coefficient (Wildman–Crippen LogP) is 13.8. The topological polar surface area (TPSA) is 99.1 Å². The van der Waals surface area contributed by atoms with Crippen LogP contribution in [0.1, 0.15) is 219 Å². The van der Waals surface area contributed by atoms with Crippen LogP contribution in [0.15, 0.2) is 36.5 Å². The Morgan fingerprint density at radius 3 is 1.41 bits per heavy atom. The van der Waals surface area contributed by atoms with Crippen molar-refractivity contribution in [2.75, 3.05) is 41.0 Å². The largest absolute Gasteiger partial charge is 0.477 e. The number of allylic oxidation sites excluding steroid dienone is 6. The second-order valence-electron chi connectivity index (χ2n) is 17.7. The highest BCUT2D eigenvalue weighted by Gasteiger charge is 2.31. The molecule has 2 unspecified atom stereocenters. The van der Waals surface area contributed by atoms with Gasteiger partial charge in [0.25, 0.3) is 0 Å². The lowest BCUT2D eigenvalue weighted by Gasteiger charge is -2.31. The van der Waals surface area contributed by atoms with Crippen LogP contribution in [0.5, 0.6) is 0 Å². The van der Waals surface area contributed by atoms with Gasteiger partial charge in [0, 0.05) is 19.3 Å². The summed E-state index contributed by atoms with van der Waals surface area (Å²) in [4.78, 5) is 37.1. The Morgan fingerprint density at radius 1 is 0.525 bits per heavy atom. The van der Waals surface area contributed by atoms with E-state index in [4.69, 9.17) is 14.2 Å². The lowest BCUT2D eigenvalue weighted by molar-refractivity contribution is -0.887. The van der Waals surface area contributed by atoms with Crippen molar-refractivity contribution >= 4 is 17.9 Å². The highest BCUT2D eigenvalue weighted by atomic mass is 16.6. The minimum atomic E-state index is -0.875. The number of carboxylic acids is 1. The first kappa shape index (κ1) is 56.5. The van der Waals surface area contributed by atoms with E-state index in [9.17, 15) is 19.5 Å². The number of rotatable bonds is 44. The SMILES string of the molecule is CC/C=C/C/C=C/C/C=C/CCCCCCCCC(=O)OCC(COCCC(C(=O)O)[N+](C)(C)C)OC(=O)CCCCCCCCCCCCCCCCCCCCC. The van der Waals surface area contributed by atoms with Crippen LogP contribution < -0.4 is 0 Å². The van der Waals surface area contributed by atoms with E-state index >= 15 is 0 Å². The predicted molar refractivity (Wildman–Crippen MR) is 248 cm³/mol. The molecule has 2 atom stereocenters. The normalized spacial score (nSPS) is 13.2. The average molecular weight is 833 g/mol. The third-order valence-electron chi connectivity index (χ3n) is 11.1. The van der Waals surface area contributed by atoms with Gasteiger partial charge in [-0.1, -0.05) is 192 Å². The van der Waals surface area contributed by atoms with Crippen LogP contribution in [-0.2, 0) is 28.6 Å². The summed E-state index contributed by atoms with van der Waals surface area (Å²) in [6.07, 6.45) is 49.0. The van der Waals surface area contributed by atoms with E-state index in [2.05, 4.69) is 50.3 Å². The molecule has 0 amide bonds. The van der Waals surface area contributed by atoms with Crippen LogP contribution in [0.4, 0.5) is 0 Å². The number of carbonyl (C=O) groups excluding carboxylic acids is 2. The summed E-state index contributed by atoms with van der Waals surface area (Å²) in [7, 11) is 5.53. The number of quaternary nitrogens is 1. The Hall–Kier alpha value is -2.45. The van der Waals surface area contributed by atoms with Crippen LogP contribution in [0.25, 0.3) is 0 Å². The van der Waals surface area contributed by atoms with Crippen molar-refractivity contribution in [1.29, 1.82) is 0 Å². The van der Waals surface area contributed by atoms with Crippen molar-refractivity contribution in [3.8, 4) is 0 Å². The molecule has 0 heterocycles. The molecular weight excluding hydrogens is 739 g/mol. The van der Waals surface area contributed by atoms with Crippen molar-refractivity contribution in [3.05, 3.63) is 36.5 Å². The van der Waals surface area contributed by atoms with E-state index in [1.165, 1.54) is 116 Å². The molecule has 8 heteroatoms. The van der Waals surface area contributed by atoms with Gasteiger partial charge < -0.3 is 23.8 Å². The molecule has 8 nitrogen and oxygen atoms in total. The van der Waals surface area contributed by atoms with Gasteiger partial charge in [-0.2, -0.15) is 0 Å². The van der Waals surface area contributed by atoms with E-state index < -0.39 is 18.1 Å². The van der Waals surface area contributed by atoms with Crippen molar-refractivity contribution in [2.45, 2.75) is 231 Å². The molecule has 0 aromatic heterocycles. The van der Waals surface area contributed by atoms with Gasteiger partial charge in [-0.05, 0) is 44.9 Å². The molecule has 0 aromatic rings. The molecule has 0 spiro atoms. The van der Waals surface area contributed by atoms with E-state index in [1.807, 2.05) is 21.1 Å². The molecule has 0 saturated heterocycles. The van der Waals surface area contributed by atoms with Crippen LogP contribution in [0, 0.1) is 0 Å². The first-order valence-corrected chi connectivity index (χ1v) is 24.5. The molecule has 0 aliphatic rings. The van der Waals surface area contributed by atoms with Crippen LogP contribution in [0.3, 0.4) is 0 Å². The zero-order chi connectivity index (χ0) is 43.5. The summed E-state index contributed by atoms with van der Waals surface area (Å²) >= 11 is 0. The second kappa shape index (κ2) is 42.2. The highest BCUT2D eigenvalue weighted by Crippen LogP contribution is 2.16. The van der Waals surface area contributed by atoms with Crippen molar-refractivity contribution < 1.29 is 38.2 Å². The minimum absolute atomic E-state index is 0.0549. The van der Waals surface area contributed by atoms with E-state index in [0.717, 1.165) is 70.6 Å². The van der Waals surface area contributed by atoms with Gasteiger partial charge in [0.15, 0.2) is 12.1 Å². The van der Waals surface area contributed by atoms with Crippen LogP contribution in [0.2, 0.25) is 0 Å². The Kier molecular flexibility index (Phi) is 40.5. The highest BCUT2D eigenvalue weighted by molar-refractivity contribution is 5.72. The molecule has 0 rings (SSSR count). The van der Waals surface area contributed by atoms with Gasteiger partial charge >= 0.3 is 17.9 Å². The standard InChI is InChI=1S/C51H93NO7/c1-6-8-10-12-14-16-18-20-22-24-25-26-28-30-32-34-36-38-40-42-50(54)59-47(45-57-44-43-48(51(55)56)52(3,4)5)46-58-49(53)41-39-37-35-33-31-29-27-23-21-19-17-15-13-11-9-7-2/h9,11,15,17,21,23,47-48H,6-8,10,12-14,16,18-20,22,24-46H2,1-5H3/p+1/b11-9+,17-15+,23-21+. The molecule has 0 radical (unpaired) electrons. The number of nitrogens with zero attached hydrogens (tertiary/aromatic N) is 1. The number of ether oxygens (including phenoxy) is 3. The quantitative estimate of drug-likeness (QED) is 0.0282. The summed E-state index contributed by atoms with van der Waals surface area (Å²) in [5.74, 6) is -1.47. The zero-order valence-corrected chi connectivity index (χ0v) is 39.2. The molecule has 0 bridgehead atoms. The molecule has 59 heavy (non-hydrogen) atoms. The Morgan fingerprint density at radius 2 is 0.949 bits per heavy atom. The monoisotopic (exact) mass is 833 g/mol. The van der Waals surface area contributed by atoms with Crippen molar-refractivity contribution in [2.24, 2.45) is 0 Å². The van der Waals surface area contributed by atoms with Crippen molar-refractivity contribution in [1.82, 2.24) is 0 Å². The smallest absolute Gasteiger partial charge is 0.362 e. The number of likely N-dealkylation sites (N-methyl/N-ethyl adjacent to an activating group) is 1. The molecule has 0 saturated carbocycles. The van der Waals surface area contributed by atoms with E-state index in [1.54, 1.807) is 0 Å². The molecule has 0 aliphatic carbocycles. The van der Waals surface area contributed by atoms with E-state index in [-0.39, 0.29) is 36.2 Å². The van der Waals surface area contributed by atoms with E-state index in [0.29, 0.717) is 19.3 Å². The van der Waals surface area contributed by atoms with Crippen LogP contribution in [-0.4, -0.2) is 80.6 Å². The second-order valence-corrected chi connectivity index (χ2v) is 17.7. The Labute approximate surface area is 364 Å². The number of hydrogen-bond acceptors (Lipinski definition) is 6. The Bertz CT molecular complexity index is 1060. The van der Waals surface area contributed by atoms with Crippen LogP contribution >= 0.6 is 0 Å². The lowest BCUT2D eigenvalue weighted by Crippen LogP contribution is -2.50. The van der Waals surface area contributed by atoms with Gasteiger partial charge in [-0.3, -0.25) is 9.59 Å². The Balaban J connectivity index is 4.26. The average Bonchev–Trinajstić information content (AvgIpc) is 3.19. The number of unbranched alkanes of at least 4 members (excludes halogenated alkanes) is 24. The number of carboxylic acid groups (broad SMARTS) is 1. The molecule has 0 fully saturated rings. The summed E-state index contributed by atoms with van der Waals surface area (Å²) in [6, 6.07) is -0.615. The fourth-order valence-corrected chi connectivity index (χ4v) is 7.28. The number of carbonyl (C=O) groups is 3. The molecule has 1 N–H and O–H groups in total. The van der Waals surface area contributed by atoms with Gasteiger partial charge in [0.2, 0.25) is 0 Å². The van der Waals surface area contributed by atoms with Gasteiger partial charge in [0.1, 0.15) is 6.61 Å². The molecular formula is C51H94NO7+. The maximum atomic E-state index is 12.8. The summed E-state index contributed by atoms with van der Waals surface area (Å²) in [5.41, 5.74) is 0. The summed E-state index contributed by atoms with van der Waals surface area (Å²) in [6.45, 7) is 4.64. The molecule has 344 valence electrons. The molecule has 0 aromatic carbocycles. The van der Waals surface area contributed by atoms with Gasteiger partial charge in [-0.25, -0.2) is 4.79 Å². The minimum Gasteiger partial charge on any atom is -0.477 e. The number of hydrogen-bond donors (Lipinski definition) is 1. The number of esters is 2. The fraction of sp³-hybridized carbons (Fsp3) is 0.824. The lowest BCUT2D eigenvalue weighted by atomic mass is 10.0. The summed E-state index contributed by atoms with van der Waals surface area (Å²) < 4.78 is 17.3. The maximum Gasteiger partial charge on any atom is 0.362 e. The number of aliphatic carboxylic acids is 1. The molecule has 0 aliphatic heterocycles.